The third kappa shape index (κ3) is 5.31. The topological polar surface area (TPSA) is 107 Å². The normalized spacial score (nSPS) is 12.9. The first kappa shape index (κ1) is 17.4. The lowest BCUT2D eigenvalue weighted by atomic mass is 10.1. The number of ether oxygens (including phenoxy) is 1. The lowest BCUT2D eigenvalue weighted by molar-refractivity contribution is -0.385. The zero-order valence-electron chi connectivity index (χ0n) is 12.0. The summed E-state index contributed by atoms with van der Waals surface area (Å²) in [5.41, 5.74) is 0.106. The highest BCUT2D eigenvalue weighted by atomic mass is 32.2. The molecule has 118 valence electrons. The van der Waals surface area contributed by atoms with Gasteiger partial charge in [0.25, 0.3) is 5.69 Å². The highest BCUT2D eigenvalue weighted by Crippen LogP contribution is 2.29. The van der Waals surface area contributed by atoms with Crippen molar-refractivity contribution in [2.24, 2.45) is 0 Å². The van der Waals surface area contributed by atoms with E-state index in [-0.39, 0.29) is 35.1 Å². The van der Waals surface area contributed by atoms with Crippen molar-refractivity contribution in [2.45, 2.75) is 26.4 Å². The molecule has 1 aromatic carbocycles. The van der Waals surface area contributed by atoms with E-state index in [1.165, 1.54) is 25.1 Å². The van der Waals surface area contributed by atoms with Crippen LogP contribution in [0.3, 0.4) is 0 Å². The average Bonchev–Trinajstić information content (AvgIpc) is 2.38. The van der Waals surface area contributed by atoms with Gasteiger partial charge in [-0.05, 0) is 19.4 Å². The minimum atomic E-state index is -3.15. The quantitative estimate of drug-likeness (QED) is 0.579. The minimum absolute atomic E-state index is 0.0557. The van der Waals surface area contributed by atoms with Crippen LogP contribution in [0.4, 0.5) is 5.69 Å². The molecule has 7 nitrogen and oxygen atoms in total. The smallest absolute Gasteiger partial charge is 0.270 e. The molecule has 0 radical (unpaired) electrons. The molecule has 0 saturated heterocycles. The Morgan fingerprint density at radius 3 is 2.57 bits per heavy atom. The summed E-state index contributed by atoms with van der Waals surface area (Å²) < 4.78 is 28.5. The Kier molecular flexibility index (Phi) is 6.10. The van der Waals surface area contributed by atoms with E-state index in [9.17, 15) is 23.6 Å². The van der Waals surface area contributed by atoms with Crippen LogP contribution in [0, 0.1) is 10.1 Å². The Morgan fingerprint density at radius 1 is 1.38 bits per heavy atom. The van der Waals surface area contributed by atoms with Gasteiger partial charge in [0, 0.05) is 17.7 Å². The molecule has 0 fully saturated rings. The molecule has 0 aliphatic rings. The van der Waals surface area contributed by atoms with Gasteiger partial charge in [-0.25, -0.2) is 8.42 Å². The third-order valence-corrected chi connectivity index (χ3v) is 4.64. The summed E-state index contributed by atoms with van der Waals surface area (Å²) >= 11 is 0. The fourth-order valence-corrected chi connectivity index (χ4v) is 2.96. The van der Waals surface area contributed by atoms with E-state index in [2.05, 4.69) is 0 Å². The second-order valence-corrected chi connectivity index (χ2v) is 6.96. The number of nitro benzene ring substituents is 1. The summed E-state index contributed by atoms with van der Waals surface area (Å²) in [6.45, 7) is 3.18. The van der Waals surface area contributed by atoms with Crippen molar-refractivity contribution < 1.29 is 23.2 Å². The number of aliphatic hydroxyl groups is 1. The second kappa shape index (κ2) is 7.37. The molecular weight excluding hydrogens is 298 g/mol. The SMILES string of the molecule is CCCS(=O)(=O)CCOc1ccc([N+](=O)[O-])cc1[C@H](C)O. The zero-order chi connectivity index (χ0) is 16.0. The molecule has 1 atom stereocenters. The van der Waals surface area contributed by atoms with Crippen molar-refractivity contribution in [3.63, 3.8) is 0 Å². The van der Waals surface area contributed by atoms with Crippen molar-refractivity contribution in [1.29, 1.82) is 0 Å². The van der Waals surface area contributed by atoms with Crippen molar-refractivity contribution in [1.82, 2.24) is 0 Å². The van der Waals surface area contributed by atoms with Gasteiger partial charge in [0.05, 0.1) is 22.5 Å². The van der Waals surface area contributed by atoms with Crippen LogP contribution in [0.15, 0.2) is 18.2 Å². The standard InChI is InChI=1S/C13H19NO6S/c1-3-7-21(18,19)8-6-20-13-5-4-11(14(16)17)9-12(13)10(2)15/h4-5,9-10,15H,3,6-8H2,1-2H3/t10-/m0/s1. The van der Waals surface area contributed by atoms with Crippen LogP contribution in [0.2, 0.25) is 0 Å². The third-order valence-electron chi connectivity index (χ3n) is 2.82. The summed E-state index contributed by atoms with van der Waals surface area (Å²) in [6, 6.07) is 3.84. The molecule has 0 saturated carbocycles. The van der Waals surface area contributed by atoms with E-state index in [1.54, 1.807) is 6.92 Å². The van der Waals surface area contributed by atoms with Crippen LogP contribution in [0.1, 0.15) is 31.9 Å². The fourth-order valence-electron chi connectivity index (χ4n) is 1.80. The van der Waals surface area contributed by atoms with Crippen LogP contribution in [-0.4, -0.2) is 36.6 Å². The van der Waals surface area contributed by atoms with E-state index < -0.39 is 20.9 Å². The Hall–Kier alpha value is -1.67. The van der Waals surface area contributed by atoms with Crippen molar-refractivity contribution in [3.8, 4) is 5.75 Å². The average molecular weight is 317 g/mol. The molecular formula is C13H19NO6S. The van der Waals surface area contributed by atoms with Crippen molar-refractivity contribution in [3.05, 3.63) is 33.9 Å². The lowest BCUT2D eigenvalue weighted by Crippen LogP contribution is -2.17. The molecule has 0 aliphatic heterocycles. The van der Waals surface area contributed by atoms with Gasteiger partial charge in [-0.15, -0.1) is 0 Å². The number of nitro groups is 1. The van der Waals surface area contributed by atoms with Gasteiger partial charge in [-0.1, -0.05) is 6.92 Å². The van der Waals surface area contributed by atoms with E-state index in [1.807, 2.05) is 0 Å². The van der Waals surface area contributed by atoms with Crippen molar-refractivity contribution >= 4 is 15.5 Å². The minimum Gasteiger partial charge on any atom is -0.492 e. The van der Waals surface area contributed by atoms with Crippen LogP contribution in [0.25, 0.3) is 0 Å². The molecule has 0 bridgehead atoms. The molecule has 0 heterocycles. The van der Waals surface area contributed by atoms with Crippen LogP contribution < -0.4 is 4.74 Å². The summed E-state index contributed by atoms with van der Waals surface area (Å²) in [6.07, 6.45) is -0.411. The monoisotopic (exact) mass is 317 g/mol. The first-order valence-corrected chi connectivity index (χ1v) is 8.38. The molecule has 0 aromatic heterocycles. The zero-order valence-corrected chi connectivity index (χ0v) is 12.8. The molecule has 0 amide bonds. The van der Waals surface area contributed by atoms with Crippen LogP contribution in [-0.2, 0) is 9.84 Å². The van der Waals surface area contributed by atoms with Gasteiger partial charge in [-0.2, -0.15) is 0 Å². The van der Waals surface area contributed by atoms with Gasteiger partial charge in [-0.3, -0.25) is 10.1 Å². The summed E-state index contributed by atoms with van der Waals surface area (Å²) in [5.74, 6) is 0.221. The van der Waals surface area contributed by atoms with Crippen molar-refractivity contribution in [2.75, 3.05) is 18.1 Å². The number of nitrogens with zero attached hydrogens (tertiary/aromatic N) is 1. The maximum atomic E-state index is 11.6. The van der Waals surface area contributed by atoms with Gasteiger partial charge in [0.1, 0.15) is 12.4 Å². The van der Waals surface area contributed by atoms with E-state index >= 15 is 0 Å². The second-order valence-electron chi connectivity index (χ2n) is 4.66. The number of hydrogen-bond donors (Lipinski definition) is 1. The summed E-state index contributed by atoms with van der Waals surface area (Å²) in [5, 5.41) is 20.3. The van der Waals surface area contributed by atoms with E-state index in [4.69, 9.17) is 4.74 Å². The molecule has 0 unspecified atom stereocenters. The predicted molar refractivity (Wildman–Crippen MR) is 78.2 cm³/mol. The lowest BCUT2D eigenvalue weighted by Gasteiger charge is -2.13. The Labute approximate surface area is 123 Å². The predicted octanol–water partition coefficient (Wildman–Crippen LogP) is 1.85. The molecule has 21 heavy (non-hydrogen) atoms. The molecule has 1 aromatic rings. The highest BCUT2D eigenvalue weighted by molar-refractivity contribution is 7.91. The van der Waals surface area contributed by atoms with Crippen LogP contribution >= 0.6 is 0 Å². The Bertz CT molecular complexity index is 597. The number of aliphatic hydroxyl groups excluding tert-OH is 1. The number of rotatable bonds is 8. The van der Waals surface area contributed by atoms with E-state index in [0.717, 1.165) is 0 Å². The fraction of sp³-hybridized carbons (Fsp3) is 0.538. The highest BCUT2D eigenvalue weighted by Gasteiger charge is 2.16. The molecule has 0 spiro atoms. The first-order chi connectivity index (χ1) is 9.76. The molecule has 1 rings (SSSR count). The Balaban J connectivity index is 2.82. The van der Waals surface area contributed by atoms with Gasteiger partial charge in [0.2, 0.25) is 0 Å². The van der Waals surface area contributed by atoms with Gasteiger partial charge in [0.15, 0.2) is 9.84 Å². The first-order valence-electron chi connectivity index (χ1n) is 6.56. The van der Waals surface area contributed by atoms with Gasteiger partial charge >= 0.3 is 0 Å². The number of hydrogen-bond acceptors (Lipinski definition) is 6. The molecule has 1 N–H and O–H groups in total. The maximum absolute atomic E-state index is 11.6. The largest absolute Gasteiger partial charge is 0.492 e. The van der Waals surface area contributed by atoms with Gasteiger partial charge < -0.3 is 9.84 Å². The molecule has 0 aliphatic carbocycles. The van der Waals surface area contributed by atoms with Crippen LogP contribution in [0.5, 0.6) is 5.75 Å². The van der Waals surface area contributed by atoms with E-state index in [0.29, 0.717) is 6.42 Å². The summed E-state index contributed by atoms with van der Waals surface area (Å²) in [4.78, 5) is 10.1. The Morgan fingerprint density at radius 2 is 2.05 bits per heavy atom. The number of benzene rings is 1. The summed E-state index contributed by atoms with van der Waals surface area (Å²) in [7, 11) is -3.15. The molecule has 8 heteroatoms. The number of sulfone groups is 1. The maximum Gasteiger partial charge on any atom is 0.270 e. The number of non-ortho nitro benzene ring substituents is 1.